The van der Waals surface area contributed by atoms with Crippen LogP contribution in [-0.4, -0.2) is 115 Å². The maximum absolute atomic E-state index is 9.94. The fourth-order valence-corrected chi connectivity index (χ4v) is 2.57. The molecule has 11 nitrogen and oxygen atoms in total. The van der Waals surface area contributed by atoms with E-state index in [4.69, 9.17) is 19.3 Å². The number of aliphatic hydroxyl groups excluding tert-OH is 8. The van der Waals surface area contributed by atoms with Gasteiger partial charge in [0.15, 0.2) is 12.6 Å². The Morgan fingerprint density at radius 2 is 1.26 bits per heavy atom. The van der Waals surface area contributed by atoms with Crippen molar-refractivity contribution >= 4 is 0 Å². The molecule has 0 aromatic carbocycles. The molecule has 0 spiro atoms. The minimum Gasteiger partial charge on any atom is -0.394 e. The number of hydrogen-bond donors (Lipinski definition) is 8. The first-order chi connectivity index (χ1) is 10.8. The van der Waals surface area contributed by atoms with Crippen molar-refractivity contribution < 1.29 is 55.1 Å². The standard InChI is InChI=1S/C12H22O11/c13-1-3-5(15)6(16)9(19)12(22-3)23-10-4(2-14)21-11(20)8(18)7(10)17/h3-20H,1-2H2/t3-,4-,5-,6+,7-,8+,9+,10-,11-,12+/m1/s1. The van der Waals surface area contributed by atoms with E-state index in [1.165, 1.54) is 0 Å². The summed E-state index contributed by atoms with van der Waals surface area (Å²) in [5, 5.41) is 76.5. The van der Waals surface area contributed by atoms with Crippen molar-refractivity contribution in [2.24, 2.45) is 0 Å². The average Bonchev–Trinajstić information content (AvgIpc) is 2.55. The van der Waals surface area contributed by atoms with E-state index in [2.05, 4.69) is 0 Å². The zero-order valence-corrected chi connectivity index (χ0v) is 12.0. The third-order valence-corrected chi connectivity index (χ3v) is 3.98. The Morgan fingerprint density at radius 1 is 0.652 bits per heavy atom. The van der Waals surface area contributed by atoms with E-state index in [9.17, 15) is 35.7 Å². The Morgan fingerprint density at radius 3 is 1.83 bits per heavy atom. The highest BCUT2D eigenvalue weighted by atomic mass is 16.7. The average molecular weight is 342 g/mol. The molecule has 0 saturated carbocycles. The monoisotopic (exact) mass is 342 g/mol. The van der Waals surface area contributed by atoms with Crippen molar-refractivity contribution in [3.8, 4) is 0 Å². The molecule has 0 aliphatic carbocycles. The molecule has 2 aliphatic heterocycles. The summed E-state index contributed by atoms with van der Waals surface area (Å²) in [6.45, 7) is -1.35. The van der Waals surface area contributed by atoms with E-state index in [1.54, 1.807) is 0 Å². The molecule has 0 radical (unpaired) electrons. The molecule has 2 fully saturated rings. The number of aliphatic hydroxyl groups is 8. The lowest BCUT2D eigenvalue weighted by atomic mass is 9.97. The third-order valence-electron chi connectivity index (χ3n) is 3.98. The Kier molecular flexibility index (Phi) is 6.27. The lowest BCUT2D eigenvalue weighted by molar-refractivity contribution is -0.355. The maximum atomic E-state index is 9.94. The van der Waals surface area contributed by atoms with Crippen LogP contribution in [0, 0.1) is 0 Å². The van der Waals surface area contributed by atoms with Gasteiger partial charge in [-0.3, -0.25) is 0 Å². The molecular formula is C12H22O11. The van der Waals surface area contributed by atoms with Crippen molar-refractivity contribution in [2.45, 2.75) is 61.4 Å². The topological polar surface area (TPSA) is 190 Å². The molecule has 11 heteroatoms. The van der Waals surface area contributed by atoms with E-state index in [-0.39, 0.29) is 0 Å². The van der Waals surface area contributed by atoms with Gasteiger partial charge in [0, 0.05) is 0 Å². The van der Waals surface area contributed by atoms with Crippen molar-refractivity contribution in [2.75, 3.05) is 13.2 Å². The highest BCUT2D eigenvalue weighted by molar-refractivity contribution is 4.93. The van der Waals surface area contributed by atoms with Gasteiger partial charge in [-0.05, 0) is 0 Å². The Labute approximate surface area is 130 Å². The van der Waals surface area contributed by atoms with Crippen molar-refractivity contribution in [3.05, 3.63) is 0 Å². The van der Waals surface area contributed by atoms with Gasteiger partial charge in [0.25, 0.3) is 0 Å². The fourth-order valence-electron chi connectivity index (χ4n) is 2.57. The molecular weight excluding hydrogens is 320 g/mol. The van der Waals surface area contributed by atoms with E-state index in [0.29, 0.717) is 0 Å². The predicted octanol–water partition coefficient (Wildman–Crippen LogP) is -5.40. The molecule has 0 aromatic rings. The van der Waals surface area contributed by atoms with Crippen LogP contribution in [0.2, 0.25) is 0 Å². The molecule has 23 heavy (non-hydrogen) atoms. The normalized spacial score (nSPS) is 51.7. The summed E-state index contributed by atoms with van der Waals surface area (Å²) in [5.41, 5.74) is 0. The molecule has 2 saturated heterocycles. The predicted molar refractivity (Wildman–Crippen MR) is 68.6 cm³/mol. The second-order valence-electron chi connectivity index (χ2n) is 5.53. The molecule has 2 rings (SSSR count). The van der Waals surface area contributed by atoms with Gasteiger partial charge < -0.3 is 55.1 Å². The summed E-state index contributed by atoms with van der Waals surface area (Å²) >= 11 is 0. The molecule has 10 atom stereocenters. The first-order valence-electron chi connectivity index (χ1n) is 7.08. The first-order valence-corrected chi connectivity index (χ1v) is 7.08. The van der Waals surface area contributed by atoms with Gasteiger partial charge in [-0.15, -0.1) is 0 Å². The number of hydrogen-bond acceptors (Lipinski definition) is 11. The Bertz CT molecular complexity index is 378. The molecule has 0 aromatic heterocycles. The molecule has 0 bridgehead atoms. The molecule has 0 amide bonds. The largest absolute Gasteiger partial charge is 0.394 e. The highest BCUT2D eigenvalue weighted by Gasteiger charge is 2.50. The third kappa shape index (κ3) is 3.65. The minimum atomic E-state index is -1.74. The number of rotatable bonds is 4. The van der Waals surface area contributed by atoms with Gasteiger partial charge in [0.05, 0.1) is 13.2 Å². The van der Waals surface area contributed by atoms with E-state index in [1.807, 2.05) is 0 Å². The van der Waals surface area contributed by atoms with Gasteiger partial charge in [-0.25, -0.2) is 0 Å². The number of ether oxygens (including phenoxy) is 3. The van der Waals surface area contributed by atoms with E-state index < -0.39 is 74.6 Å². The fraction of sp³-hybridized carbons (Fsp3) is 1.00. The summed E-state index contributed by atoms with van der Waals surface area (Å²) in [6, 6.07) is 0. The zero-order valence-electron chi connectivity index (χ0n) is 12.0. The lowest BCUT2D eigenvalue weighted by Gasteiger charge is -2.45. The maximum Gasteiger partial charge on any atom is 0.187 e. The van der Waals surface area contributed by atoms with Gasteiger partial charge in [0.1, 0.15) is 48.8 Å². The van der Waals surface area contributed by atoms with Crippen LogP contribution in [0.1, 0.15) is 0 Å². The van der Waals surface area contributed by atoms with Gasteiger partial charge >= 0.3 is 0 Å². The van der Waals surface area contributed by atoms with Crippen LogP contribution >= 0.6 is 0 Å². The second-order valence-corrected chi connectivity index (χ2v) is 5.53. The highest BCUT2D eigenvalue weighted by Crippen LogP contribution is 2.28. The SMILES string of the molecule is OC[C@H]1O[C@@H](O[C@H]2[C@H](O)[C@H](O)[C@H](O)O[C@@H]2CO)[C@@H](O)[C@@H](O)[C@@H]1O. The molecule has 136 valence electrons. The second kappa shape index (κ2) is 7.63. The van der Waals surface area contributed by atoms with Gasteiger partial charge in [-0.2, -0.15) is 0 Å². The summed E-state index contributed by atoms with van der Waals surface area (Å²) in [7, 11) is 0. The van der Waals surface area contributed by atoms with Gasteiger partial charge in [0.2, 0.25) is 0 Å². The lowest BCUT2D eigenvalue weighted by Crippen LogP contribution is -2.64. The van der Waals surface area contributed by atoms with Crippen LogP contribution in [0.4, 0.5) is 0 Å². The van der Waals surface area contributed by atoms with E-state index >= 15 is 0 Å². The van der Waals surface area contributed by atoms with Crippen LogP contribution in [0.25, 0.3) is 0 Å². The zero-order chi connectivity index (χ0) is 17.3. The van der Waals surface area contributed by atoms with Crippen molar-refractivity contribution in [3.63, 3.8) is 0 Å². The Balaban J connectivity index is 2.11. The summed E-state index contributed by atoms with van der Waals surface area (Å²) in [6.07, 6.45) is -15.6. The molecule has 2 aliphatic rings. The van der Waals surface area contributed by atoms with Crippen LogP contribution < -0.4 is 0 Å². The van der Waals surface area contributed by atoms with Crippen molar-refractivity contribution in [1.82, 2.24) is 0 Å². The van der Waals surface area contributed by atoms with Crippen LogP contribution in [-0.2, 0) is 14.2 Å². The molecule has 8 N–H and O–H groups in total. The summed E-state index contributed by atoms with van der Waals surface area (Å²) < 4.78 is 15.3. The molecule has 2 heterocycles. The summed E-state index contributed by atoms with van der Waals surface area (Å²) in [5.74, 6) is 0. The van der Waals surface area contributed by atoms with Crippen molar-refractivity contribution in [1.29, 1.82) is 0 Å². The first kappa shape index (κ1) is 18.9. The smallest absolute Gasteiger partial charge is 0.187 e. The summed E-state index contributed by atoms with van der Waals surface area (Å²) in [4.78, 5) is 0. The van der Waals surface area contributed by atoms with Crippen LogP contribution in [0.3, 0.4) is 0 Å². The Hall–Kier alpha value is -0.440. The quantitative estimate of drug-likeness (QED) is 0.243. The van der Waals surface area contributed by atoms with Gasteiger partial charge in [-0.1, -0.05) is 0 Å². The van der Waals surface area contributed by atoms with E-state index in [0.717, 1.165) is 0 Å². The van der Waals surface area contributed by atoms with Crippen LogP contribution in [0.15, 0.2) is 0 Å². The molecule has 0 unspecified atom stereocenters. The minimum absolute atomic E-state index is 0.667. The van der Waals surface area contributed by atoms with Crippen LogP contribution in [0.5, 0.6) is 0 Å².